The maximum Gasteiger partial charge on any atom is 0.119 e. The molecule has 0 radical (unpaired) electrons. The van der Waals surface area contributed by atoms with Gasteiger partial charge in [-0.05, 0) is 22.8 Å². The summed E-state index contributed by atoms with van der Waals surface area (Å²) in [6.07, 6.45) is 0.936. The Balaban J connectivity index is 0.000000487. The van der Waals surface area contributed by atoms with E-state index >= 15 is 0 Å². The van der Waals surface area contributed by atoms with Crippen molar-refractivity contribution in [3.8, 4) is 5.75 Å². The molecule has 0 saturated heterocycles. The molecule has 92 valence electrons. The quantitative estimate of drug-likeness (QED) is 0.465. The van der Waals surface area contributed by atoms with Gasteiger partial charge in [0.15, 0.2) is 0 Å². The van der Waals surface area contributed by atoms with Crippen molar-refractivity contribution in [2.75, 3.05) is 20.3 Å². The van der Waals surface area contributed by atoms with Crippen LogP contribution < -0.4 is 4.74 Å². The van der Waals surface area contributed by atoms with Gasteiger partial charge in [-0.25, -0.2) is 0 Å². The highest BCUT2D eigenvalue weighted by atomic mass is 35.7. The molecule has 0 aliphatic rings. The largest absolute Gasteiger partial charge is 0.760 e. The Morgan fingerprint density at radius 2 is 1.88 bits per heavy atom. The minimum absolute atomic E-state index is 0.720. The van der Waals surface area contributed by atoms with Crippen LogP contribution in [0.3, 0.4) is 0 Å². The Labute approximate surface area is 102 Å². The first kappa shape index (κ1) is 15.4. The fraction of sp³-hybridized carbons (Fsp3) is 0.400. The zero-order chi connectivity index (χ0) is 12.2. The lowest BCUT2D eigenvalue weighted by atomic mass is 10.3. The van der Waals surface area contributed by atoms with Gasteiger partial charge in [0.25, 0.3) is 0 Å². The van der Waals surface area contributed by atoms with Crippen molar-refractivity contribution >= 4 is 21.0 Å². The van der Waals surface area contributed by atoms with Crippen molar-refractivity contribution in [1.82, 2.24) is 0 Å². The smallest absolute Gasteiger partial charge is 0.119 e. The van der Waals surface area contributed by atoms with Gasteiger partial charge >= 0.3 is 0 Å². The highest BCUT2D eigenvalue weighted by molar-refractivity contribution is 8.03. The van der Waals surface area contributed by atoms with Crippen LogP contribution in [0.1, 0.15) is 6.42 Å². The molecule has 0 spiro atoms. The predicted octanol–water partition coefficient (Wildman–Crippen LogP) is 2.12. The van der Waals surface area contributed by atoms with Crippen molar-refractivity contribution in [2.24, 2.45) is 0 Å². The zero-order valence-electron chi connectivity index (χ0n) is 8.93. The molecule has 1 rings (SSSR count). The number of ether oxygens (including phenoxy) is 2. The van der Waals surface area contributed by atoms with E-state index in [1.54, 1.807) is 7.11 Å². The summed E-state index contributed by atoms with van der Waals surface area (Å²) in [5.74, 6) is 0.925. The average molecular weight is 266 g/mol. The van der Waals surface area contributed by atoms with Gasteiger partial charge in [0.1, 0.15) is 5.75 Å². The SMILES string of the molecule is COCCCOc1ccccc1.O=S([O-])Cl. The van der Waals surface area contributed by atoms with Gasteiger partial charge in [0.05, 0.1) is 6.61 Å². The summed E-state index contributed by atoms with van der Waals surface area (Å²) in [5, 5.41) is 0. The molecule has 0 aromatic heterocycles. The number of halogens is 1. The lowest BCUT2D eigenvalue weighted by Gasteiger charge is -2.04. The fourth-order valence-corrected chi connectivity index (χ4v) is 0.910. The van der Waals surface area contributed by atoms with Gasteiger partial charge in [-0.15, -0.1) is 0 Å². The van der Waals surface area contributed by atoms with Crippen LogP contribution in [0.15, 0.2) is 30.3 Å². The second-order valence-corrected chi connectivity index (χ2v) is 3.85. The molecule has 0 saturated carbocycles. The first-order valence-corrected chi connectivity index (χ1v) is 6.49. The first-order valence-electron chi connectivity index (χ1n) is 4.59. The second-order valence-electron chi connectivity index (χ2n) is 2.70. The molecule has 0 fully saturated rings. The van der Waals surface area contributed by atoms with Crippen LogP contribution in [-0.2, 0) is 15.0 Å². The van der Waals surface area contributed by atoms with Gasteiger partial charge < -0.3 is 14.0 Å². The topological polar surface area (TPSA) is 58.6 Å². The van der Waals surface area contributed by atoms with Crippen LogP contribution in [0.25, 0.3) is 0 Å². The van der Waals surface area contributed by atoms with Crippen LogP contribution in [0.5, 0.6) is 5.75 Å². The molecule has 4 nitrogen and oxygen atoms in total. The molecule has 1 aromatic carbocycles. The molecule has 0 heterocycles. The maximum absolute atomic E-state index is 8.77. The van der Waals surface area contributed by atoms with Crippen LogP contribution in [-0.4, -0.2) is 29.1 Å². The second kappa shape index (κ2) is 10.9. The monoisotopic (exact) mass is 265 g/mol. The van der Waals surface area contributed by atoms with Gasteiger partial charge in [-0.3, -0.25) is 4.21 Å². The Morgan fingerprint density at radius 1 is 1.31 bits per heavy atom. The summed E-state index contributed by atoms with van der Waals surface area (Å²) in [6, 6.07) is 9.80. The number of hydrogen-bond donors (Lipinski definition) is 0. The highest BCUT2D eigenvalue weighted by Gasteiger charge is 1.90. The van der Waals surface area contributed by atoms with E-state index in [4.69, 9.17) is 18.2 Å². The minimum atomic E-state index is -2.39. The molecule has 0 N–H and O–H groups in total. The molecule has 0 aliphatic heterocycles. The number of methoxy groups -OCH3 is 1. The number of hydrogen-bond acceptors (Lipinski definition) is 4. The Morgan fingerprint density at radius 3 is 2.38 bits per heavy atom. The van der Waals surface area contributed by atoms with Crippen molar-refractivity contribution in [3.63, 3.8) is 0 Å². The van der Waals surface area contributed by atoms with Crippen molar-refractivity contribution in [1.29, 1.82) is 0 Å². The molecule has 1 atom stereocenters. The fourth-order valence-electron chi connectivity index (χ4n) is 0.910. The summed E-state index contributed by atoms with van der Waals surface area (Å²) >= 11 is 0. The van der Waals surface area contributed by atoms with Gasteiger partial charge in [-0.1, -0.05) is 18.2 Å². The summed E-state index contributed by atoms with van der Waals surface area (Å²) in [5.41, 5.74) is 0. The van der Waals surface area contributed by atoms with Crippen molar-refractivity contribution < 1.29 is 18.2 Å². The van der Waals surface area contributed by atoms with E-state index in [-0.39, 0.29) is 0 Å². The number of para-hydroxylation sites is 1. The summed E-state index contributed by atoms with van der Waals surface area (Å²) < 4.78 is 27.9. The van der Waals surface area contributed by atoms with Gasteiger partial charge in [0, 0.05) is 30.4 Å². The first-order chi connectivity index (χ1) is 7.66. The van der Waals surface area contributed by atoms with E-state index in [2.05, 4.69) is 10.7 Å². The number of rotatable bonds is 5. The third kappa shape index (κ3) is 11.5. The van der Waals surface area contributed by atoms with Gasteiger partial charge in [-0.2, -0.15) is 0 Å². The molecule has 16 heavy (non-hydrogen) atoms. The third-order valence-corrected chi connectivity index (χ3v) is 1.50. The lowest BCUT2D eigenvalue weighted by molar-refractivity contribution is 0.172. The highest BCUT2D eigenvalue weighted by Crippen LogP contribution is 2.07. The van der Waals surface area contributed by atoms with Gasteiger partial charge in [0.2, 0.25) is 0 Å². The van der Waals surface area contributed by atoms with E-state index in [0.717, 1.165) is 25.4 Å². The van der Waals surface area contributed by atoms with E-state index in [0.29, 0.717) is 0 Å². The minimum Gasteiger partial charge on any atom is -0.760 e. The normalized spacial score (nSPS) is 11.2. The average Bonchev–Trinajstić information content (AvgIpc) is 2.25. The summed E-state index contributed by atoms with van der Waals surface area (Å²) in [7, 11) is 3.50. The van der Waals surface area contributed by atoms with E-state index < -0.39 is 10.3 Å². The molecule has 0 bridgehead atoms. The Bertz CT molecular complexity index is 277. The molecule has 0 amide bonds. The van der Waals surface area contributed by atoms with Crippen LogP contribution in [0.4, 0.5) is 0 Å². The van der Waals surface area contributed by atoms with E-state index in [9.17, 15) is 0 Å². The molecule has 6 heteroatoms. The van der Waals surface area contributed by atoms with Crippen molar-refractivity contribution in [2.45, 2.75) is 6.42 Å². The zero-order valence-corrected chi connectivity index (χ0v) is 10.5. The number of benzene rings is 1. The third-order valence-electron chi connectivity index (χ3n) is 1.50. The Hall–Kier alpha value is -0.620. The predicted molar refractivity (Wildman–Crippen MR) is 63.2 cm³/mol. The van der Waals surface area contributed by atoms with Crippen LogP contribution in [0, 0.1) is 0 Å². The van der Waals surface area contributed by atoms with E-state index in [1.807, 2.05) is 30.3 Å². The standard InChI is InChI=1S/C10H14O2.ClHO2S/c1-11-8-5-9-12-10-6-3-2-4-7-10;1-4(2)3/h2-4,6-7H,5,8-9H2,1H3;(H,2,3)/p-1. The van der Waals surface area contributed by atoms with E-state index in [1.165, 1.54) is 0 Å². The molecule has 0 aliphatic carbocycles. The molecule has 1 aromatic rings. The Kier molecular flexibility index (Phi) is 10.5. The molecule has 1 unspecified atom stereocenters. The lowest BCUT2D eigenvalue weighted by Crippen LogP contribution is -2.00. The summed E-state index contributed by atoms with van der Waals surface area (Å²) in [4.78, 5) is 0. The molecular weight excluding hydrogens is 252 g/mol. The summed E-state index contributed by atoms with van der Waals surface area (Å²) in [6.45, 7) is 1.48. The van der Waals surface area contributed by atoms with Crippen molar-refractivity contribution in [3.05, 3.63) is 30.3 Å². The molecular formula is C10H14ClO4S-. The van der Waals surface area contributed by atoms with Crippen LogP contribution in [0.2, 0.25) is 0 Å². The van der Waals surface area contributed by atoms with Crippen LogP contribution >= 0.6 is 10.7 Å². The maximum atomic E-state index is 8.77.